The number of nitrogens with zero attached hydrogens (tertiary/aromatic N) is 3. The Kier molecular flexibility index (Phi) is 5.63. The van der Waals surface area contributed by atoms with Gasteiger partial charge in [0.05, 0.1) is 30.4 Å². The molecule has 0 N–H and O–H groups in total. The Morgan fingerprint density at radius 1 is 1.26 bits per heavy atom. The van der Waals surface area contributed by atoms with Crippen molar-refractivity contribution < 1.29 is 13.2 Å². The molecule has 0 spiro atoms. The number of aromatic nitrogens is 2. The van der Waals surface area contributed by atoms with Crippen LogP contribution in [0.25, 0.3) is 0 Å². The lowest BCUT2D eigenvalue weighted by molar-refractivity contribution is 0.308. The maximum absolute atomic E-state index is 11.8. The Balaban J connectivity index is 1.77. The minimum Gasteiger partial charge on any atom is -0.496 e. The molecule has 7 heteroatoms. The van der Waals surface area contributed by atoms with Gasteiger partial charge in [-0.15, -0.1) is 0 Å². The Morgan fingerprint density at radius 3 is 2.63 bits per heavy atom. The quantitative estimate of drug-likeness (QED) is 0.758. The van der Waals surface area contributed by atoms with Crippen LogP contribution >= 0.6 is 0 Å². The fourth-order valence-corrected chi connectivity index (χ4v) is 5.59. The fourth-order valence-electron chi connectivity index (χ4n) is 3.90. The summed E-state index contributed by atoms with van der Waals surface area (Å²) in [5.74, 6) is 1.36. The van der Waals surface area contributed by atoms with Gasteiger partial charge < -0.3 is 4.74 Å². The Morgan fingerprint density at radius 2 is 2.00 bits per heavy atom. The summed E-state index contributed by atoms with van der Waals surface area (Å²) in [5.41, 5.74) is 5.58. The largest absolute Gasteiger partial charge is 0.496 e. The summed E-state index contributed by atoms with van der Waals surface area (Å²) in [6.07, 6.45) is 0.653. The molecule has 0 saturated carbocycles. The van der Waals surface area contributed by atoms with Crippen LogP contribution in [0.3, 0.4) is 0 Å². The number of rotatable bonds is 6. The van der Waals surface area contributed by atoms with Crippen LogP contribution < -0.4 is 4.74 Å². The summed E-state index contributed by atoms with van der Waals surface area (Å²) in [6.45, 7) is 7.66. The molecule has 0 radical (unpaired) electrons. The number of benzene rings is 1. The molecule has 1 aromatic heterocycles. The van der Waals surface area contributed by atoms with Gasteiger partial charge in [0.15, 0.2) is 9.84 Å². The first-order valence-electron chi connectivity index (χ1n) is 9.27. The van der Waals surface area contributed by atoms with Crippen LogP contribution in [0.2, 0.25) is 0 Å². The van der Waals surface area contributed by atoms with Gasteiger partial charge in [-0.05, 0) is 40.3 Å². The summed E-state index contributed by atoms with van der Waals surface area (Å²) in [5, 5.41) is 4.67. The van der Waals surface area contributed by atoms with Crippen LogP contribution in [-0.4, -0.2) is 48.8 Å². The number of aryl methyl sites for hydroxylation is 2. The SMILES string of the molecule is COc1ccc(C)cc1CN(C)Cc1c(C)nn([C@@H]2CCS(=O)(=O)C2)c1C. The van der Waals surface area contributed by atoms with Crippen LogP contribution in [0.4, 0.5) is 0 Å². The summed E-state index contributed by atoms with van der Waals surface area (Å²) in [4.78, 5) is 2.24. The molecule has 0 unspecified atom stereocenters. The van der Waals surface area contributed by atoms with E-state index < -0.39 is 9.84 Å². The van der Waals surface area contributed by atoms with E-state index in [1.165, 1.54) is 11.1 Å². The minimum atomic E-state index is -2.92. The zero-order valence-electron chi connectivity index (χ0n) is 16.8. The summed E-state index contributed by atoms with van der Waals surface area (Å²) in [7, 11) is 0.853. The zero-order chi connectivity index (χ0) is 19.8. The number of hydrogen-bond donors (Lipinski definition) is 0. The molecule has 1 aliphatic heterocycles. The predicted molar refractivity (Wildman–Crippen MR) is 107 cm³/mol. The van der Waals surface area contributed by atoms with E-state index in [4.69, 9.17) is 4.74 Å². The van der Waals surface area contributed by atoms with Gasteiger partial charge >= 0.3 is 0 Å². The third kappa shape index (κ3) is 4.35. The molecule has 1 aromatic carbocycles. The molecular weight excluding hydrogens is 362 g/mol. The molecule has 1 fully saturated rings. The highest BCUT2D eigenvalue weighted by molar-refractivity contribution is 7.91. The second kappa shape index (κ2) is 7.64. The summed E-state index contributed by atoms with van der Waals surface area (Å²) >= 11 is 0. The average molecular weight is 392 g/mol. The van der Waals surface area contributed by atoms with E-state index in [2.05, 4.69) is 36.1 Å². The molecule has 0 aliphatic carbocycles. The maximum atomic E-state index is 11.8. The molecule has 3 rings (SSSR count). The maximum Gasteiger partial charge on any atom is 0.152 e. The van der Waals surface area contributed by atoms with Gasteiger partial charge in [0.2, 0.25) is 0 Å². The van der Waals surface area contributed by atoms with E-state index in [1.54, 1.807) is 7.11 Å². The topological polar surface area (TPSA) is 64.4 Å². The van der Waals surface area contributed by atoms with Crippen molar-refractivity contribution in [2.75, 3.05) is 25.7 Å². The standard InChI is InChI=1S/C20H29N3O3S/c1-14-6-7-20(26-5)17(10-14)11-22(4)12-19-15(2)21-23(16(19)3)18-8-9-27(24,25)13-18/h6-7,10,18H,8-9,11-13H2,1-5H3/t18-/m1/s1. The highest BCUT2D eigenvalue weighted by atomic mass is 32.2. The van der Waals surface area contributed by atoms with Gasteiger partial charge in [-0.25, -0.2) is 8.42 Å². The van der Waals surface area contributed by atoms with Crippen molar-refractivity contribution >= 4 is 9.84 Å². The Bertz CT molecular complexity index is 934. The monoisotopic (exact) mass is 391 g/mol. The number of sulfone groups is 1. The molecular formula is C20H29N3O3S. The zero-order valence-corrected chi connectivity index (χ0v) is 17.6. The fraction of sp³-hybridized carbons (Fsp3) is 0.550. The van der Waals surface area contributed by atoms with Crippen LogP contribution in [0.5, 0.6) is 5.75 Å². The number of methoxy groups -OCH3 is 1. The van der Waals surface area contributed by atoms with Crippen LogP contribution in [0.15, 0.2) is 18.2 Å². The average Bonchev–Trinajstić information content (AvgIpc) is 3.08. The molecule has 1 atom stereocenters. The molecule has 0 bridgehead atoms. The Labute approximate surface area is 162 Å². The lowest BCUT2D eigenvalue weighted by Gasteiger charge is -2.19. The third-order valence-electron chi connectivity index (χ3n) is 5.33. The first-order chi connectivity index (χ1) is 12.7. The highest BCUT2D eigenvalue weighted by Crippen LogP contribution is 2.28. The van der Waals surface area contributed by atoms with Crippen LogP contribution in [0, 0.1) is 20.8 Å². The van der Waals surface area contributed by atoms with Gasteiger partial charge in [-0.2, -0.15) is 5.10 Å². The number of ether oxygens (including phenoxy) is 1. The summed E-state index contributed by atoms with van der Waals surface area (Å²) < 4.78 is 31.1. The van der Waals surface area contributed by atoms with Crippen molar-refractivity contribution in [2.45, 2.75) is 46.3 Å². The molecule has 27 heavy (non-hydrogen) atoms. The first kappa shape index (κ1) is 19.9. The van der Waals surface area contributed by atoms with Crippen molar-refractivity contribution in [2.24, 2.45) is 0 Å². The van der Waals surface area contributed by atoms with E-state index in [0.717, 1.165) is 35.8 Å². The van der Waals surface area contributed by atoms with Crippen LogP contribution in [-0.2, 0) is 22.9 Å². The van der Waals surface area contributed by atoms with E-state index in [9.17, 15) is 8.42 Å². The van der Waals surface area contributed by atoms with E-state index in [-0.39, 0.29) is 17.5 Å². The molecule has 2 aromatic rings. The lowest BCUT2D eigenvalue weighted by Crippen LogP contribution is -2.19. The molecule has 0 amide bonds. The van der Waals surface area contributed by atoms with Gasteiger partial charge in [-0.3, -0.25) is 9.58 Å². The minimum absolute atomic E-state index is 0.0374. The molecule has 148 valence electrons. The van der Waals surface area contributed by atoms with Crippen molar-refractivity contribution in [3.05, 3.63) is 46.3 Å². The first-order valence-corrected chi connectivity index (χ1v) is 11.1. The second-order valence-electron chi connectivity index (χ2n) is 7.64. The van der Waals surface area contributed by atoms with Crippen molar-refractivity contribution in [3.8, 4) is 5.75 Å². The van der Waals surface area contributed by atoms with Gasteiger partial charge in [0.1, 0.15) is 5.75 Å². The number of hydrogen-bond acceptors (Lipinski definition) is 5. The summed E-state index contributed by atoms with van der Waals surface area (Å²) in [6, 6.07) is 6.18. The van der Waals surface area contributed by atoms with E-state index >= 15 is 0 Å². The van der Waals surface area contributed by atoms with Gasteiger partial charge in [-0.1, -0.05) is 17.7 Å². The molecule has 2 heterocycles. The smallest absolute Gasteiger partial charge is 0.152 e. The third-order valence-corrected chi connectivity index (χ3v) is 7.08. The van der Waals surface area contributed by atoms with Gasteiger partial charge in [0, 0.05) is 29.9 Å². The highest BCUT2D eigenvalue weighted by Gasteiger charge is 2.31. The van der Waals surface area contributed by atoms with Crippen molar-refractivity contribution in [3.63, 3.8) is 0 Å². The molecule has 1 aliphatic rings. The van der Waals surface area contributed by atoms with Gasteiger partial charge in [0.25, 0.3) is 0 Å². The van der Waals surface area contributed by atoms with Crippen molar-refractivity contribution in [1.82, 2.24) is 14.7 Å². The second-order valence-corrected chi connectivity index (χ2v) is 9.87. The van der Waals surface area contributed by atoms with E-state index in [0.29, 0.717) is 6.42 Å². The van der Waals surface area contributed by atoms with Crippen molar-refractivity contribution in [1.29, 1.82) is 0 Å². The normalized spacial score (nSPS) is 19.0. The Hall–Kier alpha value is -1.86. The van der Waals surface area contributed by atoms with E-state index in [1.807, 2.05) is 24.6 Å². The van der Waals surface area contributed by atoms with Crippen LogP contribution in [0.1, 0.15) is 40.5 Å². The molecule has 6 nitrogen and oxygen atoms in total. The molecule has 1 saturated heterocycles. The lowest BCUT2D eigenvalue weighted by atomic mass is 10.1. The predicted octanol–water partition coefficient (Wildman–Crippen LogP) is 2.81.